The molecular formula is C12H13N5. The summed E-state index contributed by atoms with van der Waals surface area (Å²) in [6.07, 6.45) is 4.02. The van der Waals surface area contributed by atoms with E-state index in [1.54, 1.807) is 6.20 Å². The number of nitrogens with two attached hydrogens (primary N) is 1. The SMILES string of the molecule is Cc1cccnc1-c1nc(N)nc(C2CC2)n1. The quantitative estimate of drug-likeness (QED) is 0.844. The minimum absolute atomic E-state index is 0.280. The maximum Gasteiger partial charge on any atom is 0.223 e. The highest BCUT2D eigenvalue weighted by molar-refractivity contribution is 5.55. The first-order chi connectivity index (χ1) is 8.24. The summed E-state index contributed by atoms with van der Waals surface area (Å²) in [5.41, 5.74) is 7.54. The molecule has 0 amide bonds. The zero-order valence-corrected chi connectivity index (χ0v) is 9.59. The molecule has 0 aliphatic heterocycles. The molecule has 0 atom stereocenters. The minimum atomic E-state index is 0.280. The molecular weight excluding hydrogens is 214 g/mol. The van der Waals surface area contributed by atoms with Gasteiger partial charge in [0.25, 0.3) is 0 Å². The Morgan fingerprint density at radius 2 is 2.06 bits per heavy atom. The first kappa shape index (κ1) is 10.1. The number of nitrogen functional groups attached to an aromatic ring is 1. The van der Waals surface area contributed by atoms with Gasteiger partial charge in [0.1, 0.15) is 11.5 Å². The fraction of sp³-hybridized carbons (Fsp3) is 0.333. The Labute approximate surface area is 99.2 Å². The third kappa shape index (κ3) is 1.95. The summed E-state index contributed by atoms with van der Waals surface area (Å²) < 4.78 is 0. The second-order valence-electron chi connectivity index (χ2n) is 4.32. The summed E-state index contributed by atoms with van der Waals surface area (Å²) in [6.45, 7) is 1.99. The Morgan fingerprint density at radius 1 is 1.24 bits per heavy atom. The number of anilines is 1. The molecule has 5 heteroatoms. The van der Waals surface area contributed by atoms with Gasteiger partial charge in [-0.15, -0.1) is 0 Å². The Morgan fingerprint density at radius 3 is 2.76 bits per heavy atom. The molecule has 86 valence electrons. The fourth-order valence-electron chi connectivity index (χ4n) is 1.76. The second kappa shape index (κ2) is 3.76. The number of nitrogens with zero attached hydrogens (tertiary/aromatic N) is 4. The standard InChI is InChI=1S/C12H13N5/c1-7-3-2-6-14-9(7)11-15-10(8-4-5-8)16-12(13)17-11/h2-3,6,8H,4-5H2,1H3,(H2,13,15,16,17). The van der Waals surface area contributed by atoms with Gasteiger partial charge >= 0.3 is 0 Å². The predicted molar refractivity (Wildman–Crippen MR) is 64.2 cm³/mol. The van der Waals surface area contributed by atoms with E-state index in [-0.39, 0.29) is 5.95 Å². The van der Waals surface area contributed by atoms with Crippen molar-refractivity contribution in [1.29, 1.82) is 0 Å². The van der Waals surface area contributed by atoms with Crippen LogP contribution in [0.15, 0.2) is 18.3 Å². The number of pyridine rings is 1. The molecule has 17 heavy (non-hydrogen) atoms. The largest absolute Gasteiger partial charge is 0.368 e. The molecule has 0 saturated heterocycles. The molecule has 0 spiro atoms. The molecule has 2 N–H and O–H groups in total. The highest BCUT2D eigenvalue weighted by Crippen LogP contribution is 2.38. The van der Waals surface area contributed by atoms with Crippen LogP contribution in [0.2, 0.25) is 0 Å². The van der Waals surface area contributed by atoms with Gasteiger partial charge < -0.3 is 5.73 Å². The van der Waals surface area contributed by atoms with Crippen molar-refractivity contribution >= 4 is 5.95 Å². The summed E-state index contributed by atoms with van der Waals surface area (Å²) >= 11 is 0. The third-order valence-electron chi connectivity index (χ3n) is 2.83. The zero-order chi connectivity index (χ0) is 11.8. The van der Waals surface area contributed by atoms with Crippen molar-refractivity contribution in [2.75, 3.05) is 5.73 Å². The van der Waals surface area contributed by atoms with Gasteiger partial charge in [-0.25, -0.2) is 4.98 Å². The molecule has 5 nitrogen and oxygen atoms in total. The topological polar surface area (TPSA) is 77.6 Å². The molecule has 1 fully saturated rings. The molecule has 2 aromatic heterocycles. The van der Waals surface area contributed by atoms with E-state index in [0.29, 0.717) is 11.7 Å². The van der Waals surface area contributed by atoms with Gasteiger partial charge in [-0.1, -0.05) is 6.07 Å². The summed E-state index contributed by atoms with van der Waals surface area (Å²) in [5, 5.41) is 0. The van der Waals surface area contributed by atoms with Crippen LogP contribution in [0.1, 0.15) is 30.1 Å². The normalized spacial score (nSPS) is 14.9. The minimum Gasteiger partial charge on any atom is -0.368 e. The molecule has 0 aromatic carbocycles. The average Bonchev–Trinajstić information content (AvgIpc) is 3.12. The summed E-state index contributed by atoms with van der Waals surface area (Å²) in [5.74, 6) is 2.13. The van der Waals surface area contributed by atoms with E-state index in [1.807, 2.05) is 19.1 Å². The van der Waals surface area contributed by atoms with Crippen molar-refractivity contribution in [3.05, 3.63) is 29.7 Å². The van der Waals surface area contributed by atoms with Crippen molar-refractivity contribution in [3.63, 3.8) is 0 Å². The van der Waals surface area contributed by atoms with Crippen molar-refractivity contribution in [2.24, 2.45) is 0 Å². The summed E-state index contributed by atoms with van der Waals surface area (Å²) in [7, 11) is 0. The van der Waals surface area contributed by atoms with Crippen LogP contribution in [0.4, 0.5) is 5.95 Å². The lowest BCUT2D eigenvalue weighted by Gasteiger charge is -2.05. The second-order valence-corrected chi connectivity index (χ2v) is 4.32. The van der Waals surface area contributed by atoms with Crippen LogP contribution >= 0.6 is 0 Å². The van der Waals surface area contributed by atoms with E-state index in [9.17, 15) is 0 Å². The Hall–Kier alpha value is -2.04. The predicted octanol–water partition coefficient (Wildman–Crippen LogP) is 1.70. The van der Waals surface area contributed by atoms with E-state index in [2.05, 4.69) is 19.9 Å². The highest BCUT2D eigenvalue weighted by Gasteiger charge is 2.27. The molecule has 3 rings (SSSR count). The van der Waals surface area contributed by atoms with Gasteiger partial charge in [-0.2, -0.15) is 9.97 Å². The van der Waals surface area contributed by atoms with Crippen molar-refractivity contribution in [3.8, 4) is 11.5 Å². The van der Waals surface area contributed by atoms with Crippen LogP contribution in [0, 0.1) is 6.92 Å². The van der Waals surface area contributed by atoms with Crippen LogP contribution in [0.3, 0.4) is 0 Å². The molecule has 0 bridgehead atoms. The van der Waals surface area contributed by atoms with Gasteiger partial charge in [0.05, 0.1) is 0 Å². The van der Waals surface area contributed by atoms with Gasteiger partial charge in [0.15, 0.2) is 5.82 Å². The first-order valence-corrected chi connectivity index (χ1v) is 5.67. The summed E-state index contributed by atoms with van der Waals surface area (Å²) in [4.78, 5) is 17.1. The van der Waals surface area contributed by atoms with Gasteiger partial charge in [0, 0.05) is 12.1 Å². The van der Waals surface area contributed by atoms with E-state index in [1.165, 1.54) is 0 Å². The summed E-state index contributed by atoms with van der Waals surface area (Å²) in [6, 6.07) is 3.88. The number of aromatic nitrogens is 4. The Bertz CT molecular complexity index is 563. The monoisotopic (exact) mass is 227 g/mol. The van der Waals surface area contributed by atoms with Crippen LogP contribution < -0.4 is 5.73 Å². The number of hydrogen-bond donors (Lipinski definition) is 1. The third-order valence-corrected chi connectivity index (χ3v) is 2.83. The van der Waals surface area contributed by atoms with Crippen LogP contribution in [0.25, 0.3) is 11.5 Å². The molecule has 1 aliphatic rings. The van der Waals surface area contributed by atoms with Crippen molar-refractivity contribution < 1.29 is 0 Å². The van der Waals surface area contributed by atoms with Crippen LogP contribution in [0.5, 0.6) is 0 Å². The lowest BCUT2D eigenvalue weighted by atomic mass is 10.2. The lowest BCUT2D eigenvalue weighted by Crippen LogP contribution is -2.05. The fourth-order valence-corrected chi connectivity index (χ4v) is 1.76. The van der Waals surface area contributed by atoms with Crippen LogP contribution in [-0.4, -0.2) is 19.9 Å². The van der Waals surface area contributed by atoms with E-state index < -0.39 is 0 Å². The highest BCUT2D eigenvalue weighted by atomic mass is 15.1. The molecule has 0 radical (unpaired) electrons. The number of hydrogen-bond acceptors (Lipinski definition) is 5. The molecule has 2 aromatic rings. The maximum absolute atomic E-state index is 5.72. The van der Waals surface area contributed by atoms with Crippen molar-refractivity contribution in [1.82, 2.24) is 19.9 Å². The average molecular weight is 227 g/mol. The number of aryl methyl sites for hydroxylation is 1. The van der Waals surface area contributed by atoms with Crippen molar-refractivity contribution in [2.45, 2.75) is 25.7 Å². The molecule has 2 heterocycles. The molecule has 1 aliphatic carbocycles. The molecule has 1 saturated carbocycles. The smallest absolute Gasteiger partial charge is 0.223 e. The van der Waals surface area contributed by atoms with E-state index in [4.69, 9.17) is 5.73 Å². The molecule has 0 unspecified atom stereocenters. The lowest BCUT2D eigenvalue weighted by molar-refractivity contribution is 0.897. The Kier molecular flexibility index (Phi) is 2.24. The van der Waals surface area contributed by atoms with E-state index in [0.717, 1.165) is 29.9 Å². The van der Waals surface area contributed by atoms with Gasteiger partial charge in [-0.05, 0) is 31.4 Å². The first-order valence-electron chi connectivity index (χ1n) is 5.67. The van der Waals surface area contributed by atoms with E-state index >= 15 is 0 Å². The zero-order valence-electron chi connectivity index (χ0n) is 9.59. The maximum atomic E-state index is 5.72. The Balaban J connectivity index is 2.11. The van der Waals surface area contributed by atoms with Gasteiger partial charge in [-0.3, -0.25) is 4.98 Å². The van der Waals surface area contributed by atoms with Gasteiger partial charge in [0.2, 0.25) is 5.95 Å². The van der Waals surface area contributed by atoms with Crippen LogP contribution in [-0.2, 0) is 0 Å². The number of rotatable bonds is 2.